The molecule has 0 aliphatic heterocycles. The average molecular weight is 673 g/mol. The summed E-state index contributed by atoms with van der Waals surface area (Å²) in [6, 6.07) is 0. The van der Waals surface area contributed by atoms with Crippen LogP contribution in [-0.2, 0) is 54.2 Å². The van der Waals surface area contributed by atoms with Crippen LogP contribution < -0.4 is 0 Å². The lowest BCUT2D eigenvalue weighted by Gasteiger charge is -2.22. The van der Waals surface area contributed by atoms with Crippen molar-refractivity contribution in [3.05, 3.63) is 35.5 Å². The molecule has 0 N–H and O–H groups in total. The Labute approximate surface area is 281 Å². The van der Waals surface area contributed by atoms with Crippen molar-refractivity contribution in [3.63, 3.8) is 0 Å². The van der Waals surface area contributed by atoms with Crippen molar-refractivity contribution in [1.82, 2.24) is 0 Å². The highest BCUT2D eigenvalue weighted by Gasteiger charge is 2.45. The minimum absolute atomic E-state index is 0.151. The van der Waals surface area contributed by atoms with E-state index >= 15 is 0 Å². The lowest BCUT2D eigenvalue weighted by Crippen LogP contribution is -2.33. The molecule has 0 atom stereocenters. The molecule has 264 valence electrons. The summed E-state index contributed by atoms with van der Waals surface area (Å²) in [5, 5.41) is 0. The standard InChI is InChI=1S/3C11H20O4.Al/c3*1-7(2)14-11(15-8(3)4)10(13)6-9(5)12;/h3*6-8,11-12H,1-5H3;/q;;;+3/p-3/b3*9-6-;. The number of ether oxygens (including phenoxy) is 6. The van der Waals surface area contributed by atoms with E-state index in [-0.39, 0.29) is 53.9 Å². The highest BCUT2D eigenvalue weighted by Crippen LogP contribution is 2.16. The van der Waals surface area contributed by atoms with Crippen LogP contribution in [0.25, 0.3) is 0 Å². The maximum Gasteiger partial charge on any atom is 1.20 e. The van der Waals surface area contributed by atoms with Crippen LogP contribution in [-0.4, -0.2) is 88.0 Å². The molecular weight excluding hydrogens is 615 g/mol. The summed E-state index contributed by atoms with van der Waals surface area (Å²) in [6.45, 7) is 26.2. The Morgan fingerprint density at radius 2 is 0.565 bits per heavy atom. The number of hydrogen-bond donors (Lipinski definition) is 0. The molecule has 0 spiro atoms. The zero-order valence-corrected chi connectivity index (χ0v) is 31.6. The Kier molecular flexibility index (Phi) is 21.5. The number of carbonyl (C=O) groups is 3. The highest BCUT2D eigenvalue weighted by molar-refractivity contribution is 6.37. The van der Waals surface area contributed by atoms with E-state index in [0.29, 0.717) is 0 Å². The van der Waals surface area contributed by atoms with Gasteiger partial charge in [0.2, 0.25) is 36.2 Å². The fourth-order valence-electron chi connectivity index (χ4n) is 3.42. The Hall–Kier alpha value is -2.08. The van der Waals surface area contributed by atoms with E-state index in [2.05, 4.69) is 0 Å². The molecular formula is C33H57AlO12. The van der Waals surface area contributed by atoms with Crippen LogP contribution in [0.15, 0.2) is 35.5 Å². The SMILES string of the molecule is C/C(=C/C(=O)C(OC(C)C)OC(C)C)[O][Al]([O]/C(C)=C\C(=O)C(OC(C)C)OC(C)C)[O]/C(C)=C\C(=O)C(OC(C)C)OC(C)C. The molecule has 0 radical (unpaired) electrons. The smallest absolute Gasteiger partial charge is 0.580 e. The largest absolute Gasteiger partial charge is 1.20 e. The van der Waals surface area contributed by atoms with Crippen molar-refractivity contribution < 1.29 is 54.2 Å². The Bertz CT molecular complexity index is 871. The molecule has 0 bridgehead atoms. The lowest BCUT2D eigenvalue weighted by molar-refractivity contribution is -0.186. The van der Waals surface area contributed by atoms with Gasteiger partial charge in [0.1, 0.15) is 0 Å². The minimum atomic E-state index is -3.26. The molecule has 0 aliphatic carbocycles. The number of ketones is 3. The van der Waals surface area contributed by atoms with E-state index < -0.39 is 51.4 Å². The quantitative estimate of drug-likeness (QED) is 0.0518. The molecule has 0 fully saturated rings. The first-order valence-electron chi connectivity index (χ1n) is 15.8. The molecule has 13 heteroatoms. The van der Waals surface area contributed by atoms with Gasteiger partial charge >= 0.3 is 15.1 Å². The van der Waals surface area contributed by atoms with Crippen molar-refractivity contribution in [2.45, 2.75) is 159 Å². The number of hydrogen-bond acceptors (Lipinski definition) is 12. The van der Waals surface area contributed by atoms with Gasteiger partial charge in [-0.2, -0.15) is 0 Å². The second kappa shape index (κ2) is 22.5. The summed E-state index contributed by atoms with van der Waals surface area (Å²) in [5.74, 6) is -0.974. The van der Waals surface area contributed by atoms with Crippen LogP contribution in [0.2, 0.25) is 0 Å². The predicted molar refractivity (Wildman–Crippen MR) is 174 cm³/mol. The molecule has 0 aromatic heterocycles. The first-order chi connectivity index (χ1) is 21.2. The third-order valence-electron chi connectivity index (χ3n) is 4.95. The van der Waals surface area contributed by atoms with Crippen molar-refractivity contribution in [3.8, 4) is 0 Å². The summed E-state index contributed by atoms with van der Waals surface area (Å²) in [7, 11) is 0. The second-order valence-electron chi connectivity index (χ2n) is 12.2. The zero-order chi connectivity index (χ0) is 35.7. The van der Waals surface area contributed by atoms with Crippen LogP contribution in [0.5, 0.6) is 0 Å². The lowest BCUT2D eigenvalue weighted by atomic mass is 10.3. The van der Waals surface area contributed by atoms with Gasteiger partial charge in [0.25, 0.3) is 0 Å². The Morgan fingerprint density at radius 3 is 0.717 bits per heavy atom. The Balaban J connectivity index is 6.29. The third kappa shape index (κ3) is 20.9. The summed E-state index contributed by atoms with van der Waals surface area (Å²) in [6.07, 6.45) is -1.35. The molecule has 0 saturated carbocycles. The molecule has 12 nitrogen and oxygen atoms in total. The first-order valence-corrected chi connectivity index (χ1v) is 17.2. The third-order valence-corrected chi connectivity index (χ3v) is 6.65. The fraction of sp³-hybridized carbons (Fsp3) is 0.727. The molecule has 0 aromatic carbocycles. The van der Waals surface area contributed by atoms with Gasteiger partial charge in [0, 0.05) is 18.2 Å². The van der Waals surface area contributed by atoms with Gasteiger partial charge in [-0.05, 0) is 104 Å². The fourth-order valence-corrected chi connectivity index (χ4v) is 4.68. The first kappa shape index (κ1) is 43.9. The Morgan fingerprint density at radius 1 is 0.391 bits per heavy atom. The van der Waals surface area contributed by atoms with Crippen molar-refractivity contribution >= 4 is 32.5 Å². The van der Waals surface area contributed by atoms with Crippen molar-refractivity contribution in [2.75, 3.05) is 0 Å². The second-order valence-corrected chi connectivity index (χ2v) is 13.5. The molecule has 0 amide bonds. The van der Waals surface area contributed by atoms with Gasteiger partial charge in [-0.15, -0.1) is 0 Å². The van der Waals surface area contributed by atoms with Crippen LogP contribution >= 0.6 is 0 Å². The molecule has 0 unspecified atom stereocenters. The van der Waals surface area contributed by atoms with Gasteiger partial charge in [0.05, 0.1) is 53.9 Å². The molecule has 0 heterocycles. The van der Waals surface area contributed by atoms with Crippen molar-refractivity contribution in [2.24, 2.45) is 0 Å². The number of rotatable bonds is 24. The molecule has 0 aromatic rings. The summed E-state index contributed by atoms with van der Waals surface area (Å²) in [5.41, 5.74) is 0. The van der Waals surface area contributed by atoms with Crippen LogP contribution in [0, 0.1) is 0 Å². The van der Waals surface area contributed by atoms with Gasteiger partial charge in [0.15, 0.2) is 0 Å². The van der Waals surface area contributed by atoms with Gasteiger partial charge in [-0.25, -0.2) is 0 Å². The van der Waals surface area contributed by atoms with E-state index in [4.69, 9.17) is 39.8 Å². The van der Waals surface area contributed by atoms with E-state index in [1.165, 1.54) is 18.2 Å². The average Bonchev–Trinajstić information content (AvgIpc) is 2.85. The highest BCUT2D eigenvalue weighted by atomic mass is 27.3. The molecule has 0 rings (SSSR count). The van der Waals surface area contributed by atoms with Crippen LogP contribution in [0.3, 0.4) is 0 Å². The molecule has 46 heavy (non-hydrogen) atoms. The molecule has 0 aliphatic rings. The monoisotopic (exact) mass is 672 g/mol. The minimum Gasteiger partial charge on any atom is -0.580 e. The summed E-state index contributed by atoms with van der Waals surface area (Å²) < 4.78 is 51.7. The normalized spacial score (nSPS) is 13.4. The van der Waals surface area contributed by atoms with E-state index in [9.17, 15) is 14.4 Å². The van der Waals surface area contributed by atoms with Crippen LogP contribution in [0.4, 0.5) is 0 Å². The zero-order valence-electron chi connectivity index (χ0n) is 30.4. The number of carbonyl (C=O) groups excluding carboxylic acids is 3. The van der Waals surface area contributed by atoms with Gasteiger partial charge in [-0.3, -0.25) is 14.4 Å². The molecule has 0 saturated heterocycles. The summed E-state index contributed by atoms with van der Waals surface area (Å²) in [4.78, 5) is 39.0. The van der Waals surface area contributed by atoms with E-state index in [1.54, 1.807) is 104 Å². The maximum absolute atomic E-state index is 13.0. The van der Waals surface area contributed by atoms with E-state index in [0.717, 1.165) is 0 Å². The van der Waals surface area contributed by atoms with Gasteiger partial charge < -0.3 is 39.8 Å². The van der Waals surface area contributed by atoms with E-state index in [1.807, 2.05) is 0 Å². The van der Waals surface area contributed by atoms with Gasteiger partial charge in [-0.1, -0.05) is 0 Å². The topological polar surface area (TPSA) is 134 Å². The van der Waals surface area contributed by atoms with Crippen LogP contribution in [0.1, 0.15) is 104 Å². The summed E-state index contributed by atoms with van der Waals surface area (Å²) >= 11 is -3.26. The van der Waals surface area contributed by atoms with Crippen molar-refractivity contribution in [1.29, 1.82) is 0 Å². The maximum atomic E-state index is 13.0. The predicted octanol–water partition coefficient (Wildman–Crippen LogP) is 5.97. The number of allylic oxidation sites excluding steroid dienone is 3.